The van der Waals surface area contributed by atoms with Crippen LogP contribution in [0.15, 0.2) is 18.5 Å². The lowest BCUT2D eigenvalue weighted by atomic mass is 10.1. The number of fused-ring (bicyclic) bond motifs is 1. The lowest BCUT2D eigenvalue weighted by Gasteiger charge is -2.36. The average Bonchev–Trinajstić information content (AvgIpc) is 3.53. The fourth-order valence-electron chi connectivity index (χ4n) is 5.58. The maximum Gasteiger partial charge on any atom is 0.410 e. The summed E-state index contributed by atoms with van der Waals surface area (Å²) in [7, 11) is 1.71. The Morgan fingerprint density at radius 1 is 1.26 bits per heavy atom. The van der Waals surface area contributed by atoms with Gasteiger partial charge >= 0.3 is 6.09 Å². The van der Waals surface area contributed by atoms with E-state index >= 15 is 0 Å². The first kappa shape index (κ1) is 26.4. The second kappa shape index (κ2) is 11.7. The van der Waals surface area contributed by atoms with E-state index in [4.69, 9.17) is 20.6 Å². The maximum absolute atomic E-state index is 13.9. The summed E-state index contributed by atoms with van der Waals surface area (Å²) in [5.41, 5.74) is 2.34. The smallest absolute Gasteiger partial charge is 0.410 e. The third kappa shape index (κ3) is 6.49. The van der Waals surface area contributed by atoms with Crippen LogP contribution in [-0.2, 0) is 32.1 Å². The summed E-state index contributed by atoms with van der Waals surface area (Å²) in [6.07, 6.45) is 7.96. The molecule has 1 saturated carbocycles. The molecule has 2 aromatic heterocycles. The maximum atomic E-state index is 13.9. The number of ether oxygens (including phenoxy) is 3. The number of carbonyl (C=O) groups excluding carboxylic acids is 2. The van der Waals surface area contributed by atoms with Crippen molar-refractivity contribution in [3.8, 4) is 0 Å². The predicted octanol–water partition coefficient (Wildman–Crippen LogP) is 3.80. The van der Waals surface area contributed by atoms with Crippen LogP contribution in [0.1, 0.15) is 59.8 Å². The number of amides is 2. The molecule has 0 radical (unpaired) electrons. The van der Waals surface area contributed by atoms with Gasteiger partial charge in [-0.05, 0) is 58.9 Å². The van der Waals surface area contributed by atoms with Crippen molar-refractivity contribution in [2.45, 2.75) is 83.7 Å². The van der Waals surface area contributed by atoms with Crippen molar-refractivity contribution >= 4 is 28.7 Å². The Morgan fingerprint density at radius 3 is 2.77 bits per heavy atom. The van der Waals surface area contributed by atoms with Gasteiger partial charge in [0.15, 0.2) is 6.10 Å². The molecule has 2 aromatic rings. The number of carbonyl (C=O) groups is 2. The van der Waals surface area contributed by atoms with E-state index in [0.717, 1.165) is 55.5 Å². The molecule has 2 saturated heterocycles. The van der Waals surface area contributed by atoms with Gasteiger partial charge in [-0.3, -0.25) is 4.79 Å². The molecular formula is C29H43N5O5. The molecule has 4 heterocycles. The number of nitrogens with zero attached hydrogens (tertiary/aromatic N) is 5. The third-order valence-electron chi connectivity index (χ3n) is 7.58. The van der Waals surface area contributed by atoms with E-state index in [2.05, 4.69) is 21.7 Å². The quantitative estimate of drug-likeness (QED) is 0.445. The summed E-state index contributed by atoms with van der Waals surface area (Å²) in [4.78, 5) is 37.4. The van der Waals surface area contributed by atoms with E-state index in [-0.39, 0.29) is 32.0 Å². The van der Waals surface area contributed by atoms with E-state index in [1.807, 2.05) is 11.1 Å². The van der Waals surface area contributed by atoms with Crippen molar-refractivity contribution in [1.82, 2.24) is 19.4 Å². The van der Waals surface area contributed by atoms with E-state index < -0.39 is 17.8 Å². The van der Waals surface area contributed by atoms with Crippen LogP contribution in [0.3, 0.4) is 0 Å². The van der Waals surface area contributed by atoms with Crippen LogP contribution in [-0.4, -0.2) is 95.6 Å². The fourth-order valence-corrected chi connectivity index (χ4v) is 5.58. The number of aromatic nitrogens is 2. The highest BCUT2D eigenvalue weighted by atomic mass is 16.6. The van der Waals surface area contributed by atoms with Gasteiger partial charge < -0.3 is 33.5 Å². The minimum Gasteiger partial charge on any atom is -0.444 e. The van der Waals surface area contributed by atoms with E-state index in [0.29, 0.717) is 19.7 Å². The summed E-state index contributed by atoms with van der Waals surface area (Å²) in [5, 5.41) is 1.12. The number of hydrogen-bond acceptors (Lipinski definition) is 7. The predicted molar refractivity (Wildman–Crippen MR) is 149 cm³/mol. The molecule has 3 aliphatic rings. The topological polar surface area (TPSA) is 89.4 Å². The molecule has 1 aliphatic carbocycles. The molecule has 0 spiro atoms. The van der Waals surface area contributed by atoms with Crippen molar-refractivity contribution in [3.05, 3.63) is 24.0 Å². The van der Waals surface area contributed by atoms with E-state index in [9.17, 15) is 9.59 Å². The molecule has 10 nitrogen and oxygen atoms in total. The van der Waals surface area contributed by atoms with Gasteiger partial charge in [-0.25, -0.2) is 9.78 Å². The number of methoxy groups -OCH3 is 1. The van der Waals surface area contributed by atoms with Gasteiger partial charge in [0.1, 0.15) is 11.2 Å². The van der Waals surface area contributed by atoms with Crippen molar-refractivity contribution in [2.75, 3.05) is 51.4 Å². The van der Waals surface area contributed by atoms with Gasteiger partial charge in [-0.1, -0.05) is 0 Å². The SMILES string of the molecule is [2H]CC(C)(C)OC(=O)N1CCOC(C(=O)N(Cc2cn(CCCOC)c3nccc(N4CCCC4)c23)C2CC2)C1. The van der Waals surface area contributed by atoms with Crippen LogP contribution < -0.4 is 4.90 Å². The highest BCUT2D eigenvalue weighted by Crippen LogP contribution is 2.36. The molecule has 214 valence electrons. The summed E-state index contributed by atoms with van der Waals surface area (Å²) in [6.45, 7) is 8.16. The molecule has 10 heteroatoms. The molecule has 39 heavy (non-hydrogen) atoms. The highest BCUT2D eigenvalue weighted by Gasteiger charge is 2.40. The second-order valence-corrected chi connectivity index (χ2v) is 11.5. The van der Waals surface area contributed by atoms with Crippen molar-refractivity contribution in [2.24, 2.45) is 0 Å². The van der Waals surface area contributed by atoms with E-state index in [1.165, 1.54) is 23.4 Å². The minimum absolute atomic E-state index is 0.0335. The Balaban J connectivity index is 1.39. The first-order valence-electron chi connectivity index (χ1n) is 14.9. The first-order valence-corrected chi connectivity index (χ1v) is 14.2. The number of pyridine rings is 1. The lowest BCUT2D eigenvalue weighted by Crippen LogP contribution is -2.53. The monoisotopic (exact) mass is 542 g/mol. The lowest BCUT2D eigenvalue weighted by molar-refractivity contribution is -0.150. The molecule has 0 aromatic carbocycles. The van der Waals surface area contributed by atoms with Crippen LogP contribution in [0.5, 0.6) is 0 Å². The fraction of sp³-hybridized carbons (Fsp3) is 0.690. The Bertz CT molecular complexity index is 1190. The van der Waals surface area contributed by atoms with Gasteiger partial charge in [0.05, 0.1) is 13.2 Å². The molecule has 2 aliphatic heterocycles. The van der Waals surface area contributed by atoms with Crippen molar-refractivity contribution in [1.29, 1.82) is 0 Å². The molecule has 1 atom stereocenters. The van der Waals surface area contributed by atoms with Crippen LogP contribution in [0.25, 0.3) is 11.0 Å². The van der Waals surface area contributed by atoms with Gasteiger partial charge in [-0.2, -0.15) is 0 Å². The summed E-state index contributed by atoms with van der Waals surface area (Å²) in [6, 6.07) is 2.27. The normalized spacial score (nSPS) is 20.4. The largest absolute Gasteiger partial charge is 0.444 e. The van der Waals surface area contributed by atoms with Crippen LogP contribution in [0.2, 0.25) is 0 Å². The van der Waals surface area contributed by atoms with Crippen molar-refractivity contribution in [3.63, 3.8) is 0 Å². The highest BCUT2D eigenvalue weighted by molar-refractivity contribution is 5.94. The molecular weight excluding hydrogens is 498 g/mol. The summed E-state index contributed by atoms with van der Waals surface area (Å²) in [5.74, 6) is -0.0911. The number of rotatable bonds is 9. The van der Waals surface area contributed by atoms with Gasteiger partial charge in [0.25, 0.3) is 5.91 Å². The standard InChI is InChI=1S/C29H43N5O5/c1-29(2,3)39-28(36)33-15-17-38-24(20-33)27(35)34(22-8-9-22)19-21-18-32(14-7-16-37-4)26-25(21)23(10-11-30-26)31-12-5-6-13-31/h10-11,18,22,24H,5-9,12-17,19-20H2,1-4H3/i1D. The zero-order valence-electron chi connectivity index (χ0n) is 24.6. The Morgan fingerprint density at radius 2 is 2.05 bits per heavy atom. The summed E-state index contributed by atoms with van der Waals surface area (Å²) >= 11 is 0. The number of aryl methyl sites for hydroxylation is 1. The Hall–Kier alpha value is -2.85. The Kier molecular flexibility index (Phi) is 7.92. The van der Waals surface area contributed by atoms with Gasteiger partial charge in [0.2, 0.25) is 0 Å². The molecule has 0 bridgehead atoms. The van der Waals surface area contributed by atoms with Crippen LogP contribution >= 0.6 is 0 Å². The zero-order chi connectivity index (χ0) is 28.3. The van der Waals surface area contributed by atoms with Crippen molar-refractivity contribution < 1.29 is 25.2 Å². The van der Waals surface area contributed by atoms with Crippen LogP contribution in [0.4, 0.5) is 10.5 Å². The zero-order valence-corrected chi connectivity index (χ0v) is 23.6. The second-order valence-electron chi connectivity index (χ2n) is 11.5. The van der Waals surface area contributed by atoms with E-state index in [1.54, 1.807) is 21.0 Å². The number of anilines is 1. The number of morpholine rings is 1. The third-order valence-corrected chi connectivity index (χ3v) is 7.58. The minimum atomic E-state index is -0.881. The van der Waals surface area contributed by atoms with Gasteiger partial charge in [-0.15, -0.1) is 0 Å². The molecule has 3 fully saturated rings. The van der Waals surface area contributed by atoms with Gasteiger partial charge in [0, 0.05) is 82.9 Å². The number of hydrogen-bond donors (Lipinski definition) is 0. The van der Waals surface area contributed by atoms with Crippen LogP contribution in [0, 0.1) is 0 Å². The Labute approximate surface area is 232 Å². The molecule has 5 rings (SSSR count). The molecule has 2 amide bonds. The average molecular weight is 543 g/mol. The first-order chi connectivity index (χ1) is 19.3. The molecule has 1 unspecified atom stereocenters. The summed E-state index contributed by atoms with van der Waals surface area (Å²) < 4.78 is 26.5. The molecule has 0 N–H and O–H groups in total.